The van der Waals surface area contributed by atoms with Crippen LogP contribution < -0.4 is 0 Å². The minimum absolute atomic E-state index is 0.319. The lowest BCUT2D eigenvalue weighted by molar-refractivity contribution is 0.0137. The lowest BCUT2D eigenvalue weighted by atomic mass is 9.77. The second-order valence-electron chi connectivity index (χ2n) is 8.57. The molecule has 0 bridgehead atoms. The molecular weight excluding hydrogens is 376 g/mol. The predicted molar refractivity (Wildman–Crippen MR) is 107 cm³/mol. The Bertz CT molecular complexity index is 940. The molecule has 2 aromatic rings. The summed E-state index contributed by atoms with van der Waals surface area (Å²) in [4.78, 5) is 2.92. The first-order valence-electron chi connectivity index (χ1n) is 10.4. The van der Waals surface area contributed by atoms with Crippen molar-refractivity contribution in [2.45, 2.75) is 43.0 Å². The van der Waals surface area contributed by atoms with E-state index >= 15 is 0 Å². The average molecular weight is 405 g/mol. The molecule has 1 saturated carbocycles. The number of rotatable bonds is 3. The van der Waals surface area contributed by atoms with Gasteiger partial charge in [-0.15, -0.1) is 0 Å². The van der Waals surface area contributed by atoms with Crippen molar-refractivity contribution >= 4 is 21.0 Å². The molecule has 3 heterocycles. The topological polar surface area (TPSA) is 63.0 Å². The highest BCUT2D eigenvalue weighted by molar-refractivity contribution is 7.89. The van der Waals surface area contributed by atoms with Gasteiger partial charge in [0.25, 0.3) is 0 Å². The van der Waals surface area contributed by atoms with Crippen molar-refractivity contribution in [2.75, 3.05) is 39.4 Å². The maximum Gasteiger partial charge on any atom is 0.243 e. The summed E-state index contributed by atoms with van der Waals surface area (Å²) in [7, 11) is -3.47. The molecular formula is C21H28N2O4S. The highest BCUT2D eigenvalue weighted by Crippen LogP contribution is 2.48. The van der Waals surface area contributed by atoms with Gasteiger partial charge in [0.15, 0.2) is 0 Å². The molecule has 1 aromatic heterocycles. The fourth-order valence-corrected chi connectivity index (χ4v) is 6.79. The number of fused-ring (bicyclic) bond motifs is 1. The summed E-state index contributed by atoms with van der Waals surface area (Å²) in [5, 5.41) is 0.927. The Balaban J connectivity index is 1.26. The van der Waals surface area contributed by atoms with Crippen LogP contribution in [0.1, 0.15) is 32.1 Å². The van der Waals surface area contributed by atoms with E-state index < -0.39 is 10.0 Å². The second-order valence-corrected chi connectivity index (χ2v) is 10.5. The van der Waals surface area contributed by atoms with E-state index in [1.165, 1.54) is 19.3 Å². The van der Waals surface area contributed by atoms with E-state index in [1.807, 2.05) is 12.1 Å². The van der Waals surface area contributed by atoms with Crippen LogP contribution in [0.2, 0.25) is 0 Å². The summed E-state index contributed by atoms with van der Waals surface area (Å²) in [6.45, 7) is 5.00. The molecule has 2 aliphatic heterocycles. The van der Waals surface area contributed by atoms with Crippen molar-refractivity contribution in [3.05, 3.63) is 30.5 Å². The quantitative estimate of drug-likeness (QED) is 0.787. The van der Waals surface area contributed by atoms with E-state index in [0.717, 1.165) is 44.5 Å². The van der Waals surface area contributed by atoms with Gasteiger partial charge in [0.1, 0.15) is 5.58 Å². The number of sulfonamides is 1. The van der Waals surface area contributed by atoms with Gasteiger partial charge in [-0.3, -0.25) is 4.90 Å². The van der Waals surface area contributed by atoms with Crippen LogP contribution in [-0.2, 0) is 14.8 Å². The molecule has 3 fully saturated rings. The number of ether oxygens (including phenoxy) is 1. The number of benzene rings is 1. The van der Waals surface area contributed by atoms with Crippen molar-refractivity contribution in [1.29, 1.82) is 0 Å². The fraction of sp³-hybridized carbons (Fsp3) is 0.619. The van der Waals surface area contributed by atoms with E-state index in [1.54, 1.807) is 22.7 Å². The van der Waals surface area contributed by atoms with Crippen LogP contribution in [0.5, 0.6) is 0 Å². The summed E-state index contributed by atoms with van der Waals surface area (Å²) >= 11 is 0. The van der Waals surface area contributed by atoms with E-state index in [-0.39, 0.29) is 0 Å². The minimum Gasteiger partial charge on any atom is -0.464 e. The summed E-state index contributed by atoms with van der Waals surface area (Å²) in [5.41, 5.74) is 0.943. The van der Waals surface area contributed by atoms with Gasteiger partial charge in [-0.05, 0) is 55.7 Å². The zero-order valence-electron chi connectivity index (χ0n) is 16.2. The average Bonchev–Trinajstić information content (AvgIpc) is 3.36. The van der Waals surface area contributed by atoms with Crippen LogP contribution >= 0.6 is 0 Å². The Morgan fingerprint density at radius 1 is 1.00 bits per heavy atom. The van der Waals surface area contributed by atoms with Crippen LogP contribution in [0.15, 0.2) is 39.8 Å². The first-order chi connectivity index (χ1) is 13.6. The Labute approximate surface area is 166 Å². The second kappa shape index (κ2) is 7.13. The van der Waals surface area contributed by atoms with Gasteiger partial charge >= 0.3 is 0 Å². The molecule has 5 rings (SSSR count). The molecule has 152 valence electrons. The summed E-state index contributed by atoms with van der Waals surface area (Å²) < 4.78 is 38.8. The summed E-state index contributed by atoms with van der Waals surface area (Å²) in [5.74, 6) is 0. The number of piperidine rings is 1. The Hall–Kier alpha value is -1.41. The van der Waals surface area contributed by atoms with Gasteiger partial charge in [0.05, 0.1) is 24.4 Å². The van der Waals surface area contributed by atoms with Crippen molar-refractivity contribution in [3.63, 3.8) is 0 Å². The van der Waals surface area contributed by atoms with Gasteiger partial charge in [0, 0.05) is 43.7 Å². The maximum atomic E-state index is 13.1. The number of morpholine rings is 1. The Morgan fingerprint density at radius 3 is 2.57 bits per heavy atom. The number of nitrogens with zero attached hydrogens (tertiary/aromatic N) is 2. The predicted octanol–water partition coefficient (Wildman–Crippen LogP) is 3.09. The monoisotopic (exact) mass is 404 g/mol. The first kappa shape index (κ1) is 18.6. The molecule has 0 amide bonds. The van der Waals surface area contributed by atoms with Gasteiger partial charge < -0.3 is 9.15 Å². The van der Waals surface area contributed by atoms with E-state index in [2.05, 4.69) is 4.90 Å². The lowest BCUT2D eigenvalue weighted by Gasteiger charge is -2.40. The molecule has 1 aromatic carbocycles. The van der Waals surface area contributed by atoms with E-state index in [0.29, 0.717) is 35.0 Å². The highest BCUT2D eigenvalue weighted by atomic mass is 32.2. The first-order valence-corrected chi connectivity index (χ1v) is 11.8. The zero-order valence-corrected chi connectivity index (χ0v) is 17.0. The fourth-order valence-electron chi connectivity index (χ4n) is 5.33. The smallest absolute Gasteiger partial charge is 0.243 e. The van der Waals surface area contributed by atoms with E-state index in [4.69, 9.17) is 9.15 Å². The van der Waals surface area contributed by atoms with Crippen molar-refractivity contribution in [2.24, 2.45) is 5.41 Å². The Morgan fingerprint density at radius 2 is 1.79 bits per heavy atom. The standard InChI is InChI=1S/C21H28N2O4S/c24-28(25,19-2-1-17-4-12-27-20(17)15-19)23-8-6-21(7-9-23)5-3-18(16-21)22-10-13-26-14-11-22/h1-2,4,12,15,18H,3,5-11,13-14,16H2. The van der Waals surface area contributed by atoms with Gasteiger partial charge in [-0.2, -0.15) is 4.31 Å². The van der Waals surface area contributed by atoms with Crippen LogP contribution in [-0.4, -0.2) is 63.1 Å². The van der Waals surface area contributed by atoms with Gasteiger partial charge in [-0.25, -0.2) is 8.42 Å². The van der Waals surface area contributed by atoms with Crippen LogP contribution in [0.4, 0.5) is 0 Å². The van der Waals surface area contributed by atoms with Crippen LogP contribution in [0.3, 0.4) is 0 Å². The number of hydrogen-bond donors (Lipinski definition) is 0. The largest absolute Gasteiger partial charge is 0.464 e. The molecule has 1 aliphatic carbocycles. The molecule has 0 N–H and O–H groups in total. The lowest BCUT2D eigenvalue weighted by Crippen LogP contribution is -2.45. The number of hydrogen-bond acceptors (Lipinski definition) is 5. The SMILES string of the molecule is O=S(=O)(c1ccc2ccoc2c1)N1CCC2(CCC(N3CCOCC3)C2)CC1. The minimum atomic E-state index is -3.47. The van der Waals surface area contributed by atoms with Gasteiger partial charge in [0.2, 0.25) is 10.0 Å². The summed E-state index contributed by atoms with van der Waals surface area (Å²) in [6.07, 6.45) is 7.20. The third-order valence-electron chi connectivity index (χ3n) is 7.09. The molecule has 1 unspecified atom stereocenters. The van der Waals surface area contributed by atoms with Crippen molar-refractivity contribution in [1.82, 2.24) is 9.21 Å². The van der Waals surface area contributed by atoms with Crippen LogP contribution in [0, 0.1) is 5.41 Å². The summed E-state index contributed by atoms with van der Waals surface area (Å²) in [6, 6.07) is 7.66. The third-order valence-corrected chi connectivity index (χ3v) is 8.98. The van der Waals surface area contributed by atoms with E-state index in [9.17, 15) is 8.42 Å². The zero-order chi connectivity index (χ0) is 19.2. The van der Waals surface area contributed by atoms with Crippen LogP contribution in [0.25, 0.3) is 11.0 Å². The normalized spacial score (nSPS) is 26.9. The third kappa shape index (κ3) is 3.28. The molecule has 6 nitrogen and oxygen atoms in total. The maximum absolute atomic E-state index is 13.1. The highest BCUT2D eigenvalue weighted by Gasteiger charge is 2.45. The molecule has 1 atom stereocenters. The van der Waals surface area contributed by atoms with Gasteiger partial charge in [-0.1, -0.05) is 0 Å². The molecule has 3 aliphatic rings. The molecule has 0 radical (unpaired) electrons. The van der Waals surface area contributed by atoms with Crippen molar-refractivity contribution < 1.29 is 17.6 Å². The molecule has 28 heavy (non-hydrogen) atoms. The number of furan rings is 1. The van der Waals surface area contributed by atoms with Crippen molar-refractivity contribution in [3.8, 4) is 0 Å². The molecule has 2 saturated heterocycles. The molecule has 1 spiro atoms. The Kier molecular flexibility index (Phi) is 4.74. The molecule has 7 heteroatoms.